The number of carbonyl (C=O) groups excluding carboxylic acids is 5. The van der Waals surface area contributed by atoms with Gasteiger partial charge in [-0.2, -0.15) is 12.7 Å². The molecule has 0 unspecified atom stereocenters. The van der Waals surface area contributed by atoms with Crippen LogP contribution in [0.15, 0.2) is 10.5 Å². The highest BCUT2D eigenvalue weighted by molar-refractivity contribution is 7.84. The molecule has 1 aliphatic heterocycles. The lowest BCUT2D eigenvalue weighted by atomic mass is 9.98. The van der Waals surface area contributed by atoms with Crippen LogP contribution in [0.1, 0.15) is 19.5 Å². The minimum absolute atomic E-state index is 0.0147. The van der Waals surface area contributed by atoms with Crippen molar-refractivity contribution in [3.05, 3.63) is 11.1 Å². The summed E-state index contributed by atoms with van der Waals surface area (Å²) in [5, 5.41) is 9.57. The van der Waals surface area contributed by atoms with Crippen LogP contribution in [0.3, 0.4) is 0 Å². The van der Waals surface area contributed by atoms with E-state index < -0.39 is 71.4 Å². The molecule has 2 heterocycles. The number of methoxy groups -OCH3 is 1. The Hall–Kier alpha value is -3.13. The van der Waals surface area contributed by atoms with Gasteiger partial charge in [0.25, 0.3) is 11.8 Å². The number of amides is 3. The number of rotatable bonds is 13. The summed E-state index contributed by atoms with van der Waals surface area (Å²) in [6.07, 6.45) is 0. The Morgan fingerprint density at radius 1 is 1.27 bits per heavy atom. The van der Waals surface area contributed by atoms with Gasteiger partial charge in [0, 0.05) is 13.5 Å². The lowest BCUT2D eigenvalue weighted by molar-refractivity contribution is -0.167. The molecule has 1 aliphatic rings. The Morgan fingerprint density at radius 2 is 1.90 bits per heavy atom. The molecule has 228 valence electrons. The highest BCUT2D eigenvalue weighted by atomic mass is 35.5. The van der Waals surface area contributed by atoms with E-state index in [0.717, 1.165) is 18.4 Å². The third kappa shape index (κ3) is 8.92. The molecule has 0 spiro atoms. The number of nitrogens with one attached hydrogen (secondary N) is 2. The average Bonchev–Trinajstić information content (AvgIpc) is 3.31. The summed E-state index contributed by atoms with van der Waals surface area (Å²) in [5.41, 5.74) is -2.50. The standard InChI is InChI=1S/C21H30ClN5O11S2Si/c1-21(2,19(32)37-7-8-41(4,5)6)38-26-13(11-10-39-20(23-11)24-12(28)9-22)16(29)25-14-15(18(31)36-3)27(17(14)30)40(33,34)35/h10,14-15H,7-9H2,1-6H3,(H,25,29)(H,23,24,28)(H,33,34,35)/t14-,15-/m1/s1. The van der Waals surface area contributed by atoms with E-state index in [9.17, 15) is 36.9 Å². The predicted octanol–water partition coefficient (Wildman–Crippen LogP) is 0.373. The molecule has 1 saturated heterocycles. The molecule has 0 bridgehead atoms. The molecule has 0 aromatic carbocycles. The monoisotopic (exact) mass is 655 g/mol. The normalized spacial score (nSPS) is 17.8. The maximum absolute atomic E-state index is 13.2. The van der Waals surface area contributed by atoms with Gasteiger partial charge in [0.1, 0.15) is 17.6 Å². The van der Waals surface area contributed by atoms with E-state index in [-0.39, 0.29) is 27.6 Å². The zero-order valence-corrected chi connectivity index (χ0v) is 26.3. The summed E-state index contributed by atoms with van der Waals surface area (Å²) in [4.78, 5) is 71.5. The van der Waals surface area contributed by atoms with Crippen molar-refractivity contribution in [1.29, 1.82) is 0 Å². The number of carbonyl (C=O) groups is 5. The zero-order chi connectivity index (χ0) is 31.3. The van der Waals surface area contributed by atoms with E-state index in [2.05, 4.69) is 45.2 Å². The first-order valence-electron chi connectivity index (χ1n) is 11.8. The Bertz CT molecular complexity index is 1340. The number of oxime groups is 1. The van der Waals surface area contributed by atoms with Crippen molar-refractivity contribution >= 4 is 81.8 Å². The number of β-lactam (4-membered cyclic amide) rings is 1. The quantitative estimate of drug-likeness (QED) is 0.0499. The van der Waals surface area contributed by atoms with Gasteiger partial charge in [0.2, 0.25) is 11.5 Å². The zero-order valence-electron chi connectivity index (χ0n) is 22.9. The Balaban J connectivity index is 2.36. The van der Waals surface area contributed by atoms with Crippen molar-refractivity contribution in [2.45, 2.75) is 57.2 Å². The van der Waals surface area contributed by atoms with E-state index in [1.807, 2.05) is 0 Å². The van der Waals surface area contributed by atoms with Gasteiger partial charge in [-0.05, 0) is 19.9 Å². The van der Waals surface area contributed by atoms with Gasteiger partial charge in [0.05, 0.1) is 13.7 Å². The second-order valence-electron chi connectivity index (χ2n) is 10.2. The third-order valence-electron chi connectivity index (χ3n) is 5.30. The Morgan fingerprint density at radius 3 is 2.44 bits per heavy atom. The Labute approximate surface area is 245 Å². The number of aromatic nitrogens is 1. The smallest absolute Gasteiger partial charge is 0.363 e. The lowest BCUT2D eigenvalue weighted by Gasteiger charge is -2.41. The van der Waals surface area contributed by atoms with Crippen molar-refractivity contribution in [1.82, 2.24) is 14.6 Å². The largest absolute Gasteiger partial charge is 0.467 e. The molecule has 0 aliphatic carbocycles. The maximum Gasteiger partial charge on any atom is 0.363 e. The van der Waals surface area contributed by atoms with E-state index in [0.29, 0.717) is 6.04 Å². The third-order valence-corrected chi connectivity index (χ3v) is 8.91. The summed E-state index contributed by atoms with van der Waals surface area (Å²) in [6, 6.07) is -3.00. The van der Waals surface area contributed by atoms with Crippen LogP contribution in [0.4, 0.5) is 5.13 Å². The van der Waals surface area contributed by atoms with Crippen molar-refractivity contribution in [3.63, 3.8) is 0 Å². The molecule has 2 rings (SSSR count). The van der Waals surface area contributed by atoms with Gasteiger partial charge in [-0.25, -0.2) is 14.6 Å². The number of hydrogen-bond donors (Lipinski definition) is 3. The molecule has 1 fully saturated rings. The summed E-state index contributed by atoms with van der Waals surface area (Å²) in [5.74, 6) is -5.52. The minimum Gasteiger partial charge on any atom is -0.467 e. The second-order valence-corrected chi connectivity index (χ2v) is 18.3. The molecule has 16 nitrogen and oxygen atoms in total. The number of thiazole rings is 1. The molecule has 3 amide bonds. The van der Waals surface area contributed by atoms with Crippen LogP contribution in [0.2, 0.25) is 25.7 Å². The first-order valence-corrected chi connectivity index (χ1v) is 18.3. The van der Waals surface area contributed by atoms with Crippen molar-refractivity contribution in [3.8, 4) is 0 Å². The number of anilines is 1. The minimum atomic E-state index is -5.16. The van der Waals surface area contributed by atoms with Crippen LogP contribution < -0.4 is 10.6 Å². The summed E-state index contributed by atoms with van der Waals surface area (Å²) in [7, 11) is -5.76. The molecule has 0 radical (unpaired) electrons. The molecule has 20 heteroatoms. The van der Waals surface area contributed by atoms with Crippen molar-refractivity contribution < 1.29 is 51.3 Å². The van der Waals surface area contributed by atoms with E-state index >= 15 is 0 Å². The average molecular weight is 656 g/mol. The van der Waals surface area contributed by atoms with Gasteiger partial charge in [0.15, 0.2) is 16.9 Å². The van der Waals surface area contributed by atoms with Gasteiger partial charge < -0.3 is 24.9 Å². The van der Waals surface area contributed by atoms with E-state index in [1.165, 1.54) is 19.2 Å². The van der Waals surface area contributed by atoms with Crippen molar-refractivity contribution in [2.75, 3.05) is 24.9 Å². The maximum atomic E-state index is 13.2. The van der Waals surface area contributed by atoms with E-state index in [4.69, 9.17) is 21.2 Å². The number of ether oxygens (including phenoxy) is 2. The Kier molecular flexibility index (Phi) is 11.0. The number of alkyl halides is 1. The second kappa shape index (κ2) is 13.2. The fourth-order valence-corrected chi connectivity index (χ4v) is 5.37. The van der Waals surface area contributed by atoms with Gasteiger partial charge in [-0.3, -0.25) is 18.9 Å². The van der Waals surface area contributed by atoms with Crippen LogP contribution >= 0.6 is 22.9 Å². The topological polar surface area (TPSA) is 220 Å². The van der Waals surface area contributed by atoms with Gasteiger partial charge in [-0.1, -0.05) is 24.8 Å². The van der Waals surface area contributed by atoms with Crippen LogP contribution in [0.25, 0.3) is 0 Å². The first-order chi connectivity index (χ1) is 18.8. The fraction of sp³-hybridized carbons (Fsp3) is 0.571. The number of nitrogens with zero attached hydrogens (tertiary/aromatic N) is 3. The molecule has 2 atom stereocenters. The molecule has 0 saturated carbocycles. The predicted molar refractivity (Wildman–Crippen MR) is 148 cm³/mol. The van der Waals surface area contributed by atoms with Crippen molar-refractivity contribution in [2.24, 2.45) is 5.16 Å². The molecule has 1 aromatic rings. The highest BCUT2D eigenvalue weighted by Gasteiger charge is 2.58. The number of esters is 2. The number of hydrogen-bond acceptors (Lipinski definition) is 13. The van der Waals surface area contributed by atoms with Crippen LogP contribution in [0.5, 0.6) is 0 Å². The van der Waals surface area contributed by atoms with Gasteiger partial charge >= 0.3 is 22.2 Å². The van der Waals surface area contributed by atoms with Crippen LogP contribution in [-0.4, -0.2) is 103 Å². The summed E-state index contributed by atoms with van der Waals surface area (Å²) in [6.45, 7) is 9.12. The molecule has 1 aromatic heterocycles. The van der Waals surface area contributed by atoms with E-state index in [1.54, 1.807) is 0 Å². The van der Waals surface area contributed by atoms with Crippen LogP contribution in [-0.2, 0) is 48.6 Å². The first kappa shape index (κ1) is 34.1. The molecule has 3 N–H and O–H groups in total. The fourth-order valence-electron chi connectivity index (χ4n) is 3.04. The van der Waals surface area contributed by atoms with Gasteiger partial charge in [-0.15, -0.1) is 22.9 Å². The summed E-state index contributed by atoms with van der Waals surface area (Å²) < 4.78 is 42.1. The lowest BCUT2D eigenvalue weighted by Crippen LogP contribution is -2.74. The molecular weight excluding hydrogens is 626 g/mol. The molecule has 41 heavy (non-hydrogen) atoms. The SMILES string of the molecule is COC(=O)[C@H]1[C@@H](NC(=O)C(=NOC(C)(C)C(=O)OCC[Si](C)(C)C)c2csc(NC(=O)CCl)n2)C(=O)N1S(=O)(=O)O. The highest BCUT2D eigenvalue weighted by Crippen LogP contribution is 2.25. The van der Waals surface area contributed by atoms with Crippen LogP contribution in [0, 0.1) is 0 Å². The summed E-state index contributed by atoms with van der Waals surface area (Å²) >= 11 is 6.36. The molecular formula is C21H30ClN5O11S2Si. The number of halogens is 1.